The fourth-order valence-electron chi connectivity index (χ4n) is 4.00. The summed E-state index contributed by atoms with van der Waals surface area (Å²) in [5, 5.41) is 7.67. The lowest BCUT2D eigenvalue weighted by Gasteiger charge is -2.36. The molecule has 1 aliphatic carbocycles. The number of hydrogen-bond donors (Lipinski definition) is 1. The first-order valence-electron chi connectivity index (χ1n) is 9.33. The van der Waals surface area contributed by atoms with Crippen molar-refractivity contribution >= 4 is 17.2 Å². The van der Waals surface area contributed by atoms with Gasteiger partial charge in [0.15, 0.2) is 0 Å². The predicted octanol–water partition coefficient (Wildman–Crippen LogP) is 3.33. The Bertz CT molecular complexity index is 744. The molecular weight excluding hydrogens is 332 g/mol. The van der Waals surface area contributed by atoms with Crippen molar-refractivity contribution in [3.8, 4) is 0 Å². The van der Waals surface area contributed by atoms with E-state index in [4.69, 9.17) is 0 Å². The first kappa shape index (κ1) is 16.8. The Hall–Kier alpha value is -1.66. The number of aromatic nitrogens is 2. The smallest absolute Gasteiger partial charge is 0.261 e. The average Bonchev–Trinajstić information content (AvgIpc) is 3.25. The average molecular weight is 359 g/mol. The molecule has 134 valence electrons. The summed E-state index contributed by atoms with van der Waals surface area (Å²) < 4.78 is 2.12. The first-order valence-corrected chi connectivity index (χ1v) is 10.1. The van der Waals surface area contributed by atoms with Gasteiger partial charge in [-0.25, -0.2) is 0 Å². The predicted molar refractivity (Wildman–Crippen MR) is 99.7 cm³/mol. The van der Waals surface area contributed by atoms with Crippen LogP contribution in [0.1, 0.15) is 58.0 Å². The summed E-state index contributed by atoms with van der Waals surface area (Å²) in [6, 6.07) is 6.78. The van der Waals surface area contributed by atoms with Crippen LogP contribution in [0.15, 0.2) is 18.2 Å². The lowest BCUT2D eigenvalue weighted by atomic mass is 9.94. The second kappa shape index (κ2) is 7.30. The molecular formula is C19H26N4OS. The normalized spacial score (nSPS) is 18.9. The number of hydrogen-bond acceptors (Lipinski definition) is 4. The molecule has 1 amide bonds. The van der Waals surface area contributed by atoms with Crippen molar-refractivity contribution in [3.05, 3.63) is 39.3 Å². The molecule has 0 unspecified atom stereocenters. The number of aryl methyl sites for hydroxylation is 1. The number of thiophene rings is 1. The molecule has 0 spiro atoms. The SMILES string of the molecule is Cc1ccc(C(=O)NCc2cc3n(n2)CCN(C2CCCCC2)C3)s1. The fraction of sp³-hybridized carbons (Fsp3) is 0.579. The summed E-state index contributed by atoms with van der Waals surface area (Å²) in [5.41, 5.74) is 2.25. The van der Waals surface area contributed by atoms with Crippen LogP contribution in [0.4, 0.5) is 0 Å². The third-order valence-corrected chi connectivity index (χ3v) is 6.36. The van der Waals surface area contributed by atoms with Gasteiger partial charge in [0.25, 0.3) is 5.91 Å². The number of carbonyl (C=O) groups excluding carboxylic acids is 1. The number of fused-ring (bicyclic) bond motifs is 1. The maximum Gasteiger partial charge on any atom is 0.261 e. The van der Waals surface area contributed by atoms with Gasteiger partial charge < -0.3 is 5.32 Å². The van der Waals surface area contributed by atoms with E-state index in [0.717, 1.165) is 41.1 Å². The molecule has 0 bridgehead atoms. The van der Waals surface area contributed by atoms with Crippen LogP contribution in [0.3, 0.4) is 0 Å². The summed E-state index contributed by atoms with van der Waals surface area (Å²) in [4.78, 5) is 16.7. The Labute approximate surface area is 153 Å². The quantitative estimate of drug-likeness (QED) is 0.912. The topological polar surface area (TPSA) is 50.2 Å². The molecule has 1 aliphatic heterocycles. The molecule has 0 atom stereocenters. The molecule has 1 N–H and O–H groups in total. The zero-order valence-electron chi connectivity index (χ0n) is 14.8. The third-order valence-electron chi connectivity index (χ3n) is 5.36. The molecule has 25 heavy (non-hydrogen) atoms. The highest BCUT2D eigenvalue weighted by molar-refractivity contribution is 7.13. The van der Waals surface area contributed by atoms with Crippen molar-refractivity contribution in [2.45, 2.75) is 64.7 Å². The van der Waals surface area contributed by atoms with Crippen LogP contribution in [0, 0.1) is 6.92 Å². The van der Waals surface area contributed by atoms with Crippen LogP contribution in [0.25, 0.3) is 0 Å². The minimum Gasteiger partial charge on any atom is -0.346 e. The highest BCUT2D eigenvalue weighted by Gasteiger charge is 2.26. The molecule has 6 heteroatoms. The van der Waals surface area contributed by atoms with Gasteiger partial charge in [-0.3, -0.25) is 14.4 Å². The highest BCUT2D eigenvalue weighted by atomic mass is 32.1. The van der Waals surface area contributed by atoms with Gasteiger partial charge in [0.1, 0.15) is 0 Å². The van der Waals surface area contributed by atoms with Crippen LogP contribution in [-0.2, 0) is 19.6 Å². The van der Waals surface area contributed by atoms with Gasteiger partial charge in [0.05, 0.1) is 29.4 Å². The minimum absolute atomic E-state index is 0.00657. The highest BCUT2D eigenvalue weighted by Crippen LogP contribution is 2.26. The third kappa shape index (κ3) is 3.80. The van der Waals surface area contributed by atoms with Crippen molar-refractivity contribution < 1.29 is 4.79 Å². The Kier molecular flexibility index (Phi) is 4.90. The zero-order valence-corrected chi connectivity index (χ0v) is 15.6. The largest absolute Gasteiger partial charge is 0.346 e. The molecule has 5 nitrogen and oxygen atoms in total. The number of amides is 1. The van der Waals surface area contributed by atoms with Gasteiger partial charge in [0, 0.05) is 24.0 Å². The van der Waals surface area contributed by atoms with E-state index in [2.05, 4.69) is 26.1 Å². The standard InChI is InChI=1S/C19H26N4OS/c1-14-7-8-18(25-14)19(24)20-12-15-11-17-13-22(9-10-23(17)21-15)16-5-3-2-4-6-16/h7-8,11,16H,2-6,9-10,12-13H2,1H3,(H,20,24). The summed E-state index contributed by atoms with van der Waals surface area (Å²) in [5.74, 6) is -0.00657. The van der Waals surface area contributed by atoms with Crippen molar-refractivity contribution in [2.24, 2.45) is 0 Å². The van der Waals surface area contributed by atoms with E-state index in [0.29, 0.717) is 6.54 Å². The summed E-state index contributed by atoms with van der Waals surface area (Å²) in [7, 11) is 0. The second-order valence-electron chi connectivity index (χ2n) is 7.21. The molecule has 4 rings (SSSR count). The fourth-order valence-corrected chi connectivity index (χ4v) is 4.79. The van der Waals surface area contributed by atoms with Gasteiger partial charge in [-0.2, -0.15) is 5.10 Å². The lowest BCUT2D eigenvalue weighted by molar-refractivity contribution is 0.0954. The number of nitrogens with zero attached hydrogens (tertiary/aromatic N) is 3. The van der Waals surface area contributed by atoms with E-state index in [9.17, 15) is 4.79 Å². The number of rotatable bonds is 4. The molecule has 0 saturated heterocycles. The van der Waals surface area contributed by atoms with Gasteiger partial charge in [-0.15, -0.1) is 11.3 Å². The van der Waals surface area contributed by atoms with Crippen LogP contribution in [0.2, 0.25) is 0 Å². The van der Waals surface area contributed by atoms with Crippen molar-refractivity contribution in [1.82, 2.24) is 20.0 Å². The summed E-state index contributed by atoms with van der Waals surface area (Å²) >= 11 is 1.53. The van der Waals surface area contributed by atoms with Crippen LogP contribution >= 0.6 is 11.3 Å². The Balaban J connectivity index is 1.36. The molecule has 0 radical (unpaired) electrons. The first-order chi connectivity index (χ1) is 12.2. The van der Waals surface area contributed by atoms with Gasteiger partial charge >= 0.3 is 0 Å². The van der Waals surface area contributed by atoms with Gasteiger partial charge in [-0.05, 0) is 38.0 Å². The van der Waals surface area contributed by atoms with E-state index in [1.165, 1.54) is 49.1 Å². The van der Waals surface area contributed by atoms with E-state index in [1.54, 1.807) is 0 Å². The molecule has 3 heterocycles. The van der Waals surface area contributed by atoms with Crippen molar-refractivity contribution in [2.75, 3.05) is 6.54 Å². The van der Waals surface area contributed by atoms with E-state index >= 15 is 0 Å². The van der Waals surface area contributed by atoms with E-state index in [1.807, 2.05) is 19.1 Å². The van der Waals surface area contributed by atoms with Crippen molar-refractivity contribution in [3.63, 3.8) is 0 Å². The second-order valence-corrected chi connectivity index (χ2v) is 8.49. The van der Waals surface area contributed by atoms with Gasteiger partial charge in [-0.1, -0.05) is 19.3 Å². The van der Waals surface area contributed by atoms with Crippen LogP contribution in [0.5, 0.6) is 0 Å². The van der Waals surface area contributed by atoms with E-state index < -0.39 is 0 Å². The Morgan fingerprint density at radius 2 is 2.12 bits per heavy atom. The Morgan fingerprint density at radius 3 is 2.88 bits per heavy atom. The molecule has 2 aromatic rings. The zero-order chi connectivity index (χ0) is 17.2. The summed E-state index contributed by atoms with van der Waals surface area (Å²) in [6.45, 7) is 5.57. The number of nitrogens with one attached hydrogen (secondary N) is 1. The van der Waals surface area contributed by atoms with Crippen LogP contribution < -0.4 is 5.32 Å². The molecule has 2 aromatic heterocycles. The van der Waals surface area contributed by atoms with E-state index in [-0.39, 0.29) is 5.91 Å². The molecule has 0 aromatic carbocycles. The maximum absolute atomic E-state index is 12.2. The molecule has 2 aliphatic rings. The molecule has 1 saturated carbocycles. The van der Waals surface area contributed by atoms with Gasteiger partial charge in [0.2, 0.25) is 0 Å². The minimum atomic E-state index is -0.00657. The maximum atomic E-state index is 12.2. The molecule has 1 fully saturated rings. The van der Waals surface area contributed by atoms with Crippen molar-refractivity contribution in [1.29, 1.82) is 0 Å². The van der Waals surface area contributed by atoms with Crippen LogP contribution in [-0.4, -0.2) is 33.2 Å². The monoisotopic (exact) mass is 358 g/mol. The lowest BCUT2D eigenvalue weighted by Crippen LogP contribution is -2.42. The Morgan fingerprint density at radius 1 is 1.28 bits per heavy atom. The summed E-state index contributed by atoms with van der Waals surface area (Å²) in [6.07, 6.45) is 6.84. The number of carbonyl (C=O) groups is 1.